The van der Waals surface area contributed by atoms with E-state index in [1.165, 1.54) is 0 Å². The van der Waals surface area contributed by atoms with Crippen molar-refractivity contribution in [3.63, 3.8) is 0 Å². The van der Waals surface area contributed by atoms with Crippen molar-refractivity contribution in [2.45, 2.75) is 24.8 Å². The number of sulfone groups is 1. The van der Waals surface area contributed by atoms with Gasteiger partial charge in [0.15, 0.2) is 0 Å². The summed E-state index contributed by atoms with van der Waals surface area (Å²) in [6.07, 6.45) is 0.866. The van der Waals surface area contributed by atoms with Crippen molar-refractivity contribution in [1.82, 2.24) is 0 Å². The summed E-state index contributed by atoms with van der Waals surface area (Å²) in [6.45, 7) is 3.14. The summed E-state index contributed by atoms with van der Waals surface area (Å²) in [6, 6.07) is 5.15. The number of hydrogen-bond donors (Lipinski definition) is 1. The van der Waals surface area contributed by atoms with Crippen LogP contribution < -0.4 is 0 Å². The lowest BCUT2D eigenvalue weighted by molar-refractivity contribution is 0.196. The molecule has 1 unspecified atom stereocenters. The van der Waals surface area contributed by atoms with Crippen LogP contribution in [-0.2, 0) is 9.84 Å². The zero-order chi connectivity index (χ0) is 11.2. The highest BCUT2D eigenvalue weighted by Gasteiger charge is 2.30. The molecule has 1 aromatic rings. The minimum absolute atomic E-state index is 0.262. The van der Waals surface area contributed by atoms with Gasteiger partial charge in [0.05, 0.1) is 11.0 Å². The molecule has 3 nitrogen and oxygen atoms in total. The van der Waals surface area contributed by atoms with Crippen molar-refractivity contribution in [2.75, 3.05) is 0 Å². The fourth-order valence-corrected chi connectivity index (χ4v) is 3.37. The van der Waals surface area contributed by atoms with Gasteiger partial charge in [0.1, 0.15) is 0 Å². The van der Waals surface area contributed by atoms with Crippen LogP contribution in [0.1, 0.15) is 31.1 Å². The normalized spacial score (nSPS) is 19.5. The molecular weight excluding hydrogens is 212 g/mol. The highest BCUT2D eigenvalue weighted by atomic mass is 32.2. The highest BCUT2D eigenvalue weighted by Crippen LogP contribution is 2.36. The van der Waals surface area contributed by atoms with E-state index in [0.29, 0.717) is 16.0 Å². The molecule has 0 radical (unpaired) electrons. The largest absolute Gasteiger partial charge is 0.389 e. The molecular formula is C11H12O3S. The maximum absolute atomic E-state index is 11.9. The average molecular weight is 224 g/mol. The van der Waals surface area contributed by atoms with Crippen LogP contribution in [0.2, 0.25) is 0 Å². The fraction of sp³-hybridized carbons (Fsp3) is 0.273. The van der Waals surface area contributed by atoms with Gasteiger partial charge in [-0.25, -0.2) is 8.42 Å². The van der Waals surface area contributed by atoms with Crippen LogP contribution in [0.15, 0.2) is 28.0 Å². The molecule has 1 atom stereocenters. The van der Waals surface area contributed by atoms with Gasteiger partial charge in [0.2, 0.25) is 9.84 Å². The zero-order valence-corrected chi connectivity index (χ0v) is 9.38. The monoisotopic (exact) mass is 224 g/mol. The SMILES string of the molecule is CC1=Cc2cccc(C(C)O)c2S1(=O)=O. The van der Waals surface area contributed by atoms with E-state index in [-0.39, 0.29) is 4.90 Å². The van der Waals surface area contributed by atoms with E-state index in [4.69, 9.17) is 0 Å². The third kappa shape index (κ3) is 1.41. The Morgan fingerprint density at radius 1 is 1.33 bits per heavy atom. The lowest BCUT2D eigenvalue weighted by Crippen LogP contribution is -2.05. The third-order valence-electron chi connectivity index (χ3n) is 2.58. The number of rotatable bonds is 1. The van der Waals surface area contributed by atoms with Gasteiger partial charge < -0.3 is 5.11 Å². The van der Waals surface area contributed by atoms with E-state index in [1.54, 1.807) is 38.1 Å². The Morgan fingerprint density at radius 3 is 2.60 bits per heavy atom. The Hall–Kier alpha value is -1.13. The molecule has 4 heteroatoms. The van der Waals surface area contributed by atoms with E-state index < -0.39 is 15.9 Å². The van der Waals surface area contributed by atoms with Gasteiger partial charge in [-0.1, -0.05) is 18.2 Å². The Balaban J connectivity index is 2.79. The summed E-state index contributed by atoms with van der Waals surface area (Å²) in [5, 5.41) is 9.52. The first-order valence-corrected chi connectivity index (χ1v) is 6.17. The molecule has 1 aliphatic heterocycles. The first kappa shape index (κ1) is 10.4. The molecule has 1 aliphatic rings. The predicted molar refractivity (Wildman–Crippen MR) is 57.9 cm³/mol. The topological polar surface area (TPSA) is 54.4 Å². The predicted octanol–water partition coefficient (Wildman–Crippen LogP) is 1.89. The zero-order valence-electron chi connectivity index (χ0n) is 8.56. The maximum atomic E-state index is 11.9. The minimum atomic E-state index is -3.36. The molecule has 0 aliphatic carbocycles. The minimum Gasteiger partial charge on any atom is -0.389 e. The summed E-state index contributed by atoms with van der Waals surface area (Å²) < 4.78 is 23.9. The van der Waals surface area contributed by atoms with Crippen molar-refractivity contribution < 1.29 is 13.5 Å². The molecule has 0 fully saturated rings. The number of aliphatic hydroxyl groups excluding tert-OH is 1. The second-order valence-corrected chi connectivity index (χ2v) is 5.76. The number of fused-ring (bicyclic) bond motifs is 1. The average Bonchev–Trinajstić information content (AvgIpc) is 2.38. The van der Waals surface area contributed by atoms with E-state index in [0.717, 1.165) is 0 Å². The van der Waals surface area contributed by atoms with E-state index >= 15 is 0 Å². The van der Waals surface area contributed by atoms with E-state index in [1.807, 2.05) is 0 Å². The molecule has 1 N–H and O–H groups in total. The second-order valence-electron chi connectivity index (χ2n) is 3.70. The Labute approximate surface area is 89.0 Å². The molecule has 2 rings (SSSR count). The number of allylic oxidation sites excluding steroid dienone is 1. The summed E-state index contributed by atoms with van der Waals surface area (Å²) in [7, 11) is -3.36. The van der Waals surface area contributed by atoms with Gasteiger partial charge in [-0.05, 0) is 31.1 Å². The van der Waals surface area contributed by atoms with Gasteiger partial charge in [-0.3, -0.25) is 0 Å². The van der Waals surface area contributed by atoms with Gasteiger partial charge in [0.25, 0.3) is 0 Å². The van der Waals surface area contributed by atoms with Crippen LogP contribution >= 0.6 is 0 Å². The van der Waals surface area contributed by atoms with Gasteiger partial charge in [-0.15, -0.1) is 0 Å². The lowest BCUT2D eigenvalue weighted by Gasteiger charge is -2.10. The Bertz CT molecular complexity index is 539. The molecule has 1 heterocycles. The highest BCUT2D eigenvalue weighted by molar-refractivity contribution is 7.95. The molecule has 1 aromatic carbocycles. The van der Waals surface area contributed by atoms with Crippen LogP contribution in [0, 0.1) is 0 Å². The summed E-state index contributed by atoms with van der Waals surface area (Å²) in [5.74, 6) is 0. The smallest absolute Gasteiger partial charge is 0.203 e. The van der Waals surface area contributed by atoms with E-state index in [9.17, 15) is 13.5 Å². The molecule has 0 saturated carbocycles. The fourth-order valence-electron chi connectivity index (χ4n) is 1.78. The third-order valence-corrected chi connectivity index (χ3v) is 4.55. The van der Waals surface area contributed by atoms with Crippen molar-refractivity contribution in [3.05, 3.63) is 34.2 Å². The molecule has 0 spiro atoms. The molecule has 80 valence electrons. The van der Waals surface area contributed by atoms with Crippen LogP contribution in [0.3, 0.4) is 0 Å². The molecule has 0 amide bonds. The van der Waals surface area contributed by atoms with Crippen molar-refractivity contribution in [1.29, 1.82) is 0 Å². The number of hydrogen-bond acceptors (Lipinski definition) is 3. The summed E-state index contributed by atoms with van der Waals surface area (Å²) in [4.78, 5) is 0.600. The van der Waals surface area contributed by atoms with Crippen molar-refractivity contribution in [2.24, 2.45) is 0 Å². The van der Waals surface area contributed by atoms with Gasteiger partial charge in [-0.2, -0.15) is 0 Å². The lowest BCUT2D eigenvalue weighted by atomic mass is 10.1. The number of aliphatic hydroxyl groups is 1. The molecule has 0 saturated heterocycles. The first-order chi connectivity index (χ1) is 6.94. The quantitative estimate of drug-likeness (QED) is 0.792. The van der Waals surface area contributed by atoms with Crippen LogP contribution in [-0.4, -0.2) is 13.5 Å². The van der Waals surface area contributed by atoms with Crippen LogP contribution in [0.25, 0.3) is 6.08 Å². The van der Waals surface area contributed by atoms with Crippen molar-refractivity contribution in [3.8, 4) is 0 Å². The molecule has 15 heavy (non-hydrogen) atoms. The summed E-state index contributed by atoms with van der Waals surface area (Å²) >= 11 is 0. The van der Waals surface area contributed by atoms with E-state index in [2.05, 4.69) is 0 Å². The Kier molecular flexibility index (Phi) is 2.20. The van der Waals surface area contributed by atoms with Crippen LogP contribution in [0.5, 0.6) is 0 Å². The molecule has 0 aromatic heterocycles. The Morgan fingerprint density at radius 2 is 2.00 bits per heavy atom. The van der Waals surface area contributed by atoms with Gasteiger partial charge in [0, 0.05) is 4.91 Å². The first-order valence-electron chi connectivity index (χ1n) is 4.69. The second kappa shape index (κ2) is 3.18. The standard InChI is InChI=1S/C11H12O3S/c1-7-6-9-4-3-5-10(8(2)12)11(9)15(7,13)14/h3-6,8,12H,1-2H3. The summed E-state index contributed by atoms with van der Waals surface area (Å²) in [5.41, 5.74) is 1.14. The number of benzene rings is 1. The van der Waals surface area contributed by atoms with Gasteiger partial charge >= 0.3 is 0 Å². The van der Waals surface area contributed by atoms with Crippen molar-refractivity contribution >= 4 is 15.9 Å². The van der Waals surface area contributed by atoms with Crippen LogP contribution in [0.4, 0.5) is 0 Å². The maximum Gasteiger partial charge on any atom is 0.203 e. The molecule has 0 bridgehead atoms.